The van der Waals surface area contributed by atoms with Gasteiger partial charge in [0.05, 0.1) is 11.9 Å². The molecule has 0 saturated carbocycles. The number of aromatic nitrogens is 3. The fraction of sp³-hybridized carbons (Fsp3) is 0.250. The summed E-state index contributed by atoms with van der Waals surface area (Å²) in [6, 6.07) is 7.80. The zero-order valence-electron chi connectivity index (χ0n) is 10.5. The van der Waals surface area contributed by atoms with Crippen molar-refractivity contribution < 1.29 is 4.79 Å². The molecule has 0 fully saturated rings. The van der Waals surface area contributed by atoms with Crippen LogP contribution in [0.3, 0.4) is 0 Å². The molecule has 0 atom stereocenters. The van der Waals surface area contributed by atoms with Crippen molar-refractivity contribution in [3.63, 3.8) is 0 Å². The lowest BCUT2D eigenvalue weighted by atomic mass is 10.2. The average molecular weight is 282 g/mol. The van der Waals surface area contributed by atoms with Crippen molar-refractivity contribution in [3.05, 3.63) is 41.7 Å². The summed E-state index contributed by atoms with van der Waals surface area (Å²) in [5.74, 6) is -0.265. The van der Waals surface area contributed by atoms with E-state index in [1.54, 1.807) is 10.9 Å². The molecule has 6 nitrogen and oxygen atoms in total. The fourth-order valence-electron chi connectivity index (χ4n) is 1.47. The molecule has 0 aliphatic carbocycles. The number of hydrogen-bond acceptors (Lipinski definition) is 4. The molecule has 0 spiro atoms. The summed E-state index contributed by atoms with van der Waals surface area (Å²) in [5, 5.41) is 10.4. The molecule has 0 aliphatic heterocycles. The van der Waals surface area contributed by atoms with E-state index >= 15 is 0 Å². The number of hydrogen-bond donors (Lipinski definition) is 2. The van der Waals surface area contributed by atoms with Gasteiger partial charge < -0.3 is 11.1 Å². The fourth-order valence-corrected chi connectivity index (χ4v) is 1.47. The van der Waals surface area contributed by atoms with E-state index in [-0.39, 0.29) is 24.0 Å². The Kier molecular flexibility index (Phi) is 5.47. The lowest BCUT2D eigenvalue weighted by molar-refractivity contribution is 0.0949. The minimum Gasteiger partial charge on any atom is -0.349 e. The predicted molar refractivity (Wildman–Crippen MR) is 74.7 cm³/mol. The standard InChI is InChI=1S/C12H15N5O.ClH/c1-9-2-4-10(5-3-9)17-8-11(15-16-17)12(18)14-7-6-13;/h2-5,8H,6-7,13H2,1H3,(H,14,18);1H. The van der Waals surface area contributed by atoms with Crippen LogP contribution in [-0.4, -0.2) is 34.0 Å². The quantitative estimate of drug-likeness (QED) is 0.863. The second-order valence-electron chi connectivity index (χ2n) is 3.93. The monoisotopic (exact) mass is 281 g/mol. The second kappa shape index (κ2) is 6.86. The minimum absolute atomic E-state index is 0. The molecule has 1 heterocycles. The van der Waals surface area contributed by atoms with Crippen LogP contribution in [0.15, 0.2) is 30.5 Å². The van der Waals surface area contributed by atoms with Crippen molar-refractivity contribution in [3.8, 4) is 5.69 Å². The van der Waals surface area contributed by atoms with Crippen LogP contribution >= 0.6 is 12.4 Å². The number of nitrogens with two attached hydrogens (primary N) is 1. The Hall–Kier alpha value is -1.92. The molecule has 0 saturated heterocycles. The van der Waals surface area contributed by atoms with Gasteiger partial charge in [-0.2, -0.15) is 0 Å². The number of rotatable bonds is 4. The Labute approximate surface area is 117 Å². The third-order valence-electron chi connectivity index (χ3n) is 2.45. The van der Waals surface area contributed by atoms with Crippen molar-refractivity contribution in [2.75, 3.05) is 13.1 Å². The van der Waals surface area contributed by atoms with Crippen molar-refractivity contribution >= 4 is 18.3 Å². The molecule has 2 rings (SSSR count). The van der Waals surface area contributed by atoms with Crippen LogP contribution in [-0.2, 0) is 0 Å². The maximum Gasteiger partial charge on any atom is 0.273 e. The molecule has 1 amide bonds. The lowest BCUT2D eigenvalue weighted by Gasteiger charge is -2.00. The van der Waals surface area contributed by atoms with Crippen LogP contribution in [0, 0.1) is 6.92 Å². The zero-order chi connectivity index (χ0) is 13.0. The van der Waals surface area contributed by atoms with Crippen LogP contribution in [0.25, 0.3) is 5.69 Å². The lowest BCUT2D eigenvalue weighted by Crippen LogP contribution is -2.29. The predicted octanol–water partition coefficient (Wildman–Crippen LogP) is 0.686. The Bertz CT molecular complexity index is 537. The van der Waals surface area contributed by atoms with Gasteiger partial charge in [-0.1, -0.05) is 22.9 Å². The van der Waals surface area contributed by atoms with Gasteiger partial charge in [0.1, 0.15) is 0 Å². The van der Waals surface area contributed by atoms with Crippen LogP contribution < -0.4 is 11.1 Å². The smallest absolute Gasteiger partial charge is 0.273 e. The Balaban J connectivity index is 0.00000180. The molecule has 1 aromatic heterocycles. The van der Waals surface area contributed by atoms with E-state index in [0.29, 0.717) is 13.1 Å². The van der Waals surface area contributed by atoms with Crippen LogP contribution in [0.1, 0.15) is 16.1 Å². The number of aryl methyl sites for hydroxylation is 1. The molecule has 0 radical (unpaired) electrons. The molecular formula is C12H16ClN5O. The van der Waals surface area contributed by atoms with Crippen molar-refractivity contribution in [2.45, 2.75) is 6.92 Å². The number of nitrogens with one attached hydrogen (secondary N) is 1. The third-order valence-corrected chi connectivity index (χ3v) is 2.45. The largest absolute Gasteiger partial charge is 0.349 e. The first-order valence-corrected chi connectivity index (χ1v) is 5.68. The topological polar surface area (TPSA) is 85.8 Å². The molecule has 102 valence electrons. The van der Waals surface area contributed by atoms with E-state index in [2.05, 4.69) is 15.6 Å². The van der Waals surface area contributed by atoms with Gasteiger partial charge in [-0.25, -0.2) is 4.68 Å². The van der Waals surface area contributed by atoms with Crippen LogP contribution in [0.5, 0.6) is 0 Å². The molecule has 1 aromatic carbocycles. The second-order valence-corrected chi connectivity index (χ2v) is 3.93. The maximum atomic E-state index is 11.6. The highest BCUT2D eigenvalue weighted by Crippen LogP contribution is 2.08. The number of carbonyl (C=O) groups excluding carboxylic acids is 1. The number of halogens is 1. The number of benzene rings is 1. The Morgan fingerprint density at radius 2 is 2.05 bits per heavy atom. The highest BCUT2D eigenvalue weighted by atomic mass is 35.5. The molecule has 19 heavy (non-hydrogen) atoms. The third kappa shape index (κ3) is 3.77. The molecule has 0 aliphatic rings. The van der Waals surface area contributed by atoms with E-state index in [9.17, 15) is 4.79 Å². The van der Waals surface area contributed by atoms with E-state index in [4.69, 9.17) is 5.73 Å². The van der Waals surface area contributed by atoms with Gasteiger partial charge in [0.15, 0.2) is 5.69 Å². The van der Waals surface area contributed by atoms with Crippen molar-refractivity contribution in [1.82, 2.24) is 20.3 Å². The molecule has 0 unspecified atom stereocenters. The summed E-state index contributed by atoms with van der Waals surface area (Å²) < 4.78 is 1.57. The van der Waals surface area contributed by atoms with Gasteiger partial charge in [0, 0.05) is 13.1 Å². The molecule has 7 heteroatoms. The SMILES string of the molecule is Cc1ccc(-n2cc(C(=O)NCCN)nn2)cc1.Cl. The van der Waals surface area contributed by atoms with Crippen LogP contribution in [0.2, 0.25) is 0 Å². The summed E-state index contributed by atoms with van der Waals surface area (Å²) >= 11 is 0. The maximum absolute atomic E-state index is 11.6. The molecule has 0 bridgehead atoms. The van der Waals surface area contributed by atoms with E-state index in [1.165, 1.54) is 5.56 Å². The summed E-state index contributed by atoms with van der Waals surface area (Å²) in [6.45, 7) is 2.84. The zero-order valence-corrected chi connectivity index (χ0v) is 11.4. The highest BCUT2D eigenvalue weighted by Gasteiger charge is 2.10. The van der Waals surface area contributed by atoms with Gasteiger partial charge in [-0.05, 0) is 19.1 Å². The highest BCUT2D eigenvalue weighted by molar-refractivity contribution is 5.91. The average Bonchev–Trinajstić information content (AvgIpc) is 2.86. The van der Waals surface area contributed by atoms with Gasteiger partial charge in [-0.15, -0.1) is 17.5 Å². The van der Waals surface area contributed by atoms with E-state index < -0.39 is 0 Å². The summed E-state index contributed by atoms with van der Waals surface area (Å²) in [4.78, 5) is 11.6. The molecule has 3 N–H and O–H groups in total. The van der Waals surface area contributed by atoms with E-state index in [0.717, 1.165) is 5.69 Å². The first-order chi connectivity index (χ1) is 8.70. The van der Waals surface area contributed by atoms with E-state index in [1.807, 2.05) is 31.2 Å². The molecular weight excluding hydrogens is 266 g/mol. The molecule has 2 aromatic rings. The first-order valence-electron chi connectivity index (χ1n) is 5.68. The summed E-state index contributed by atoms with van der Waals surface area (Å²) in [5.41, 5.74) is 7.62. The number of carbonyl (C=O) groups is 1. The van der Waals surface area contributed by atoms with Gasteiger partial charge in [0.25, 0.3) is 5.91 Å². The number of amides is 1. The van der Waals surface area contributed by atoms with Crippen molar-refractivity contribution in [2.24, 2.45) is 5.73 Å². The Morgan fingerprint density at radius 3 is 2.68 bits per heavy atom. The van der Waals surface area contributed by atoms with Crippen LogP contribution in [0.4, 0.5) is 0 Å². The normalized spacial score (nSPS) is 9.79. The summed E-state index contributed by atoms with van der Waals surface area (Å²) in [6.07, 6.45) is 1.59. The number of nitrogens with zero attached hydrogens (tertiary/aromatic N) is 3. The minimum atomic E-state index is -0.265. The first kappa shape index (κ1) is 15.1. The van der Waals surface area contributed by atoms with Gasteiger partial charge in [-0.3, -0.25) is 4.79 Å². The van der Waals surface area contributed by atoms with Gasteiger partial charge >= 0.3 is 0 Å². The van der Waals surface area contributed by atoms with Crippen molar-refractivity contribution in [1.29, 1.82) is 0 Å². The summed E-state index contributed by atoms with van der Waals surface area (Å²) in [7, 11) is 0. The van der Waals surface area contributed by atoms with Gasteiger partial charge in [0.2, 0.25) is 0 Å². The Morgan fingerprint density at radius 1 is 1.37 bits per heavy atom.